The minimum Gasteiger partial charge on any atom is -0.439 e. The normalized spacial score (nSPS) is 17.8. The summed E-state index contributed by atoms with van der Waals surface area (Å²) in [6.07, 6.45) is 4.11. The van der Waals surface area contributed by atoms with Gasteiger partial charge >= 0.3 is 0 Å². The third-order valence-electron chi connectivity index (χ3n) is 6.37. The molecule has 0 radical (unpaired) electrons. The predicted octanol–water partition coefficient (Wildman–Crippen LogP) is 5.11. The fourth-order valence-electron chi connectivity index (χ4n) is 4.49. The minimum atomic E-state index is 0.102. The average Bonchev–Trinajstić information content (AvgIpc) is 3.47. The van der Waals surface area contributed by atoms with Crippen LogP contribution in [0.3, 0.4) is 0 Å². The Morgan fingerprint density at radius 2 is 1.97 bits per heavy atom. The van der Waals surface area contributed by atoms with Gasteiger partial charge in [0, 0.05) is 31.7 Å². The zero-order valence-corrected chi connectivity index (χ0v) is 19.4. The molecule has 1 atom stereocenters. The van der Waals surface area contributed by atoms with Crippen molar-refractivity contribution in [1.82, 2.24) is 14.7 Å². The quantitative estimate of drug-likeness (QED) is 0.484. The lowest BCUT2D eigenvalue weighted by atomic mass is 10.1. The number of carbonyl (C=O) groups is 1. The maximum atomic E-state index is 13.3. The van der Waals surface area contributed by atoms with E-state index in [1.165, 1.54) is 0 Å². The highest BCUT2D eigenvalue weighted by atomic mass is 16.5. The number of carbonyl (C=O) groups excluding carboxylic acids is 1. The van der Waals surface area contributed by atoms with Crippen LogP contribution in [0.4, 0.5) is 0 Å². The van der Waals surface area contributed by atoms with Crippen molar-refractivity contribution in [2.24, 2.45) is 13.0 Å². The van der Waals surface area contributed by atoms with Gasteiger partial charge in [-0.2, -0.15) is 5.10 Å². The second-order valence-corrected chi connectivity index (χ2v) is 9.17. The van der Waals surface area contributed by atoms with Gasteiger partial charge in [0.05, 0.1) is 18.2 Å². The van der Waals surface area contributed by atoms with Crippen LogP contribution in [-0.4, -0.2) is 39.8 Å². The van der Waals surface area contributed by atoms with E-state index in [2.05, 4.69) is 12.1 Å². The molecule has 2 fully saturated rings. The highest BCUT2D eigenvalue weighted by Crippen LogP contribution is 2.37. The van der Waals surface area contributed by atoms with Gasteiger partial charge in [0.15, 0.2) is 0 Å². The summed E-state index contributed by atoms with van der Waals surface area (Å²) in [5.41, 5.74) is 3.92. The molecule has 1 aromatic heterocycles. The number of rotatable bonds is 8. The molecule has 3 aromatic rings. The first kappa shape index (κ1) is 21.7. The van der Waals surface area contributed by atoms with E-state index >= 15 is 0 Å². The van der Waals surface area contributed by atoms with Gasteiger partial charge in [-0.25, -0.2) is 4.68 Å². The zero-order valence-electron chi connectivity index (χ0n) is 19.4. The van der Waals surface area contributed by atoms with E-state index in [1.54, 1.807) is 4.68 Å². The van der Waals surface area contributed by atoms with Crippen LogP contribution >= 0.6 is 0 Å². The molecule has 1 amide bonds. The van der Waals surface area contributed by atoms with Crippen LogP contribution in [0.1, 0.15) is 36.8 Å². The van der Waals surface area contributed by atoms with Crippen LogP contribution in [0.2, 0.25) is 0 Å². The van der Waals surface area contributed by atoms with E-state index in [9.17, 15) is 4.79 Å². The van der Waals surface area contributed by atoms with Gasteiger partial charge in [-0.1, -0.05) is 42.5 Å². The monoisotopic (exact) mass is 445 g/mol. The largest absolute Gasteiger partial charge is 0.439 e. The molecule has 0 unspecified atom stereocenters. The lowest BCUT2D eigenvalue weighted by Crippen LogP contribution is -2.38. The van der Waals surface area contributed by atoms with Crippen molar-refractivity contribution in [2.75, 3.05) is 13.2 Å². The van der Waals surface area contributed by atoms with E-state index in [-0.39, 0.29) is 17.9 Å². The molecule has 1 aliphatic carbocycles. The number of benzene rings is 2. The van der Waals surface area contributed by atoms with E-state index in [4.69, 9.17) is 14.6 Å². The summed E-state index contributed by atoms with van der Waals surface area (Å²) in [7, 11) is 1.90. The molecule has 1 aliphatic heterocycles. The summed E-state index contributed by atoms with van der Waals surface area (Å²) in [4.78, 5) is 15.2. The van der Waals surface area contributed by atoms with Crippen molar-refractivity contribution >= 4 is 5.91 Å². The Bertz CT molecular complexity index is 1110. The van der Waals surface area contributed by atoms with Gasteiger partial charge in [-0.05, 0) is 50.3 Å². The summed E-state index contributed by atoms with van der Waals surface area (Å²) in [6, 6.07) is 18.1. The molecule has 6 nitrogen and oxygen atoms in total. The summed E-state index contributed by atoms with van der Waals surface area (Å²) in [6.45, 7) is 3.89. The number of hydrogen-bond donors (Lipinski definition) is 0. The number of aryl methyl sites for hydroxylation is 2. The summed E-state index contributed by atoms with van der Waals surface area (Å²) < 4.78 is 14.0. The first-order chi connectivity index (χ1) is 16.1. The molecular formula is C27H31N3O3. The van der Waals surface area contributed by atoms with E-state index in [1.807, 2.05) is 61.3 Å². The van der Waals surface area contributed by atoms with Crippen LogP contribution in [0.25, 0.3) is 11.3 Å². The molecule has 1 saturated carbocycles. The highest BCUT2D eigenvalue weighted by Gasteiger charge is 2.36. The molecule has 0 N–H and O–H groups in total. The summed E-state index contributed by atoms with van der Waals surface area (Å²) >= 11 is 0. The number of hydrogen-bond acceptors (Lipinski definition) is 4. The topological polar surface area (TPSA) is 56.6 Å². The van der Waals surface area contributed by atoms with Crippen LogP contribution in [0.15, 0.2) is 54.6 Å². The summed E-state index contributed by atoms with van der Waals surface area (Å²) in [5, 5.41) is 4.83. The second kappa shape index (κ2) is 9.40. The SMILES string of the molecule is Cc1cccc(Oc2c(CN(C[C@H]3CCCO3)C(=O)C3CC3)c(-c3ccccc3)nn2C)c1. The highest BCUT2D eigenvalue weighted by molar-refractivity contribution is 5.81. The van der Waals surface area contributed by atoms with Crippen molar-refractivity contribution < 1.29 is 14.3 Å². The molecule has 2 aliphatic rings. The lowest BCUT2D eigenvalue weighted by molar-refractivity contribution is -0.134. The second-order valence-electron chi connectivity index (χ2n) is 9.17. The Morgan fingerprint density at radius 3 is 2.67 bits per heavy atom. The molecule has 5 rings (SSSR count). The maximum absolute atomic E-state index is 13.3. The lowest BCUT2D eigenvalue weighted by Gasteiger charge is -2.26. The van der Waals surface area contributed by atoms with Crippen molar-refractivity contribution in [1.29, 1.82) is 0 Å². The maximum Gasteiger partial charge on any atom is 0.226 e. The fourth-order valence-corrected chi connectivity index (χ4v) is 4.49. The molecule has 2 aromatic carbocycles. The first-order valence-electron chi connectivity index (χ1n) is 11.8. The predicted molar refractivity (Wildman–Crippen MR) is 127 cm³/mol. The summed E-state index contributed by atoms with van der Waals surface area (Å²) in [5.74, 6) is 1.79. The van der Waals surface area contributed by atoms with Gasteiger partial charge in [0.1, 0.15) is 11.4 Å². The Balaban J connectivity index is 1.52. The van der Waals surface area contributed by atoms with Gasteiger partial charge in [-0.3, -0.25) is 4.79 Å². The molecule has 0 spiro atoms. The first-order valence-corrected chi connectivity index (χ1v) is 11.8. The Morgan fingerprint density at radius 1 is 1.15 bits per heavy atom. The standard InChI is InChI=1S/C27H31N3O3/c1-19-8-6-11-22(16-19)33-27-24(25(28-29(27)2)20-9-4-3-5-10-20)18-30(26(31)21-13-14-21)17-23-12-7-15-32-23/h3-6,8-11,16,21,23H,7,12-15,17-18H2,1-2H3/t23-/m1/s1. The molecule has 172 valence electrons. The zero-order chi connectivity index (χ0) is 22.8. The van der Waals surface area contributed by atoms with E-state index < -0.39 is 0 Å². The van der Waals surface area contributed by atoms with Crippen molar-refractivity contribution in [2.45, 2.75) is 45.3 Å². The van der Waals surface area contributed by atoms with Crippen LogP contribution in [0.5, 0.6) is 11.6 Å². The third kappa shape index (κ3) is 4.96. The average molecular weight is 446 g/mol. The molecule has 2 heterocycles. The van der Waals surface area contributed by atoms with Crippen LogP contribution in [0, 0.1) is 12.8 Å². The minimum absolute atomic E-state index is 0.102. The smallest absolute Gasteiger partial charge is 0.226 e. The van der Waals surface area contributed by atoms with Gasteiger partial charge in [0.25, 0.3) is 0 Å². The molecule has 0 bridgehead atoms. The molecule has 1 saturated heterocycles. The number of amides is 1. The molecular weight excluding hydrogens is 414 g/mol. The third-order valence-corrected chi connectivity index (χ3v) is 6.37. The van der Waals surface area contributed by atoms with Crippen molar-refractivity contribution in [3.8, 4) is 22.9 Å². The van der Waals surface area contributed by atoms with Gasteiger partial charge in [-0.15, -0.1) is 0 Å². The number of ether oxygens (including phenoxy) is 2. The van der Waals surface area contributed by atoms with Crippen molar-refractivity contribution in [3.63, 3.8) is 0 Å². The van der Waals surface area contributed by atoms with Crippen molar-refractivity contribution in [3.05, 3.63) is 65.7 Å². The number of nitrogens with zero attached hydrogens (tertiary/aromatic N) is 3. The molecule has 33 heavy (non-hydrogen) atoms. The fraction of sp³-hybridized carbons (Fsp3) is 0.407. The van der Waals surface area contributed by atoms with Gasteiger partial charge in [0.2, 0.25) is 11.8 Å². The number of aromatic nitrogens is 2. The molecule has 6 heteroatoms. The Kier molecular flexibility index (Phi) is 6.18. The Labute approximate surface area is 195 Å². The van der Waals surface area contributed by atoms with E-state index in [0.29, 0.717) is 19.0 Å². The van der Waals surface area contributed by atoms with E-state index in [0.717, 1.165) is 60.4 Å². The van der Waals surface area contributed by atoms with Crippen LogP contribution < -0.4 is 4.74 Å². The van der Waals surface area contributed by atoms with Gasteiger partial charge < -0.3 is 14.4 Å². The Hall–Kier alpha value is -3.12. The van der Waals surface area contributed by atoms with Crippen LogP contribution in [-0.2, 0) is 23.1 Å².